The van der Waals surface area contributed by atoms with Gasteiger partial charge in [0.1, 0.15) is 6.54 Å². The Balaban J connectivity index is 1.48. The summed E-state index contributed by atoms with van der Waals surface area (Å²) < 4.78 is 4.65. The third kappa shape index (κ3) is 6.83. The number of hydrogen-bond acceptors (Lipinski definition) is 9. The summed E-state index contributed by atoms with van der Waals surface area (Å²) in [5.41, 5.74) is 0.393. The predicted octanol–water partition coefficient (Wildman–Crippen LogP) is 6.51. The number of methoxy groups -OCH3 is 1. The van der Waals surface area contributed by atoms with Crippen molar-refractivity contribution >= 4 is 87.2 Å². The molecule has 0 unspecified atom stereocenters. The lowest BCUT2D eigenvalue weighted by Gasteiger charge is -2.13. The fraction of sp³-hybridized carbons (Fsp3) is 0.0769. The van der Waals surface area contributed by atoms with Gasteiger partial charge >= 0.3 is 5.97 Å². The molecule has 10 nitrogen and oxygen atoms in total. The van der Waals surface area contributed by atoms with E-state index in [-0.39, 0.29) is 26.9 Å². The van der Waals surface area contributed by atoms with Gasteiger partial charge in [-0.25, -0.2) is 4.79 Å². The van der Waals surface area contributed by atoms with Crippen LogP contribution in [0.2, 0.25) is 10.0 Å². The molecule has 0 atom stereocenters. The standard InChI is InChI=1S/C26H17Cl2N3O7S2/c1-38-25(34)18-12-16(5-8-19(18)28)29-23(32)13-30-24(33)22(40-26(30)35)11-14-2-9-21(20(10-14)31(36)37)39-17-6-3-15(27)4-7-17/h2-12H,13H2,1H3,(H,29,32)/b22-11-. The molecule has 1 saturated heterocycles. The van der Waals surface area contributed by atoms with E-state index >= 15 is 0 Å². The lowest BCUT2D eigenvalue weighted by atomic mass is 10.2. The van der Waals surface area contributed by atoms with Crippen molar-refractivity contribution in [3.8, 4) is 0 Å². The number of nitrogens with zero attached hydrogens (tertiary/aromatic N) is 2. The van der Waals surface area contributed by atoms with Crippen molar-refractivity contribution in [3.63, 3.8) is 0 Å². The number of esters is 1. The lowest BCUT2D eigenvalue weighted by Crippen LogP contribution is -2.36. The minimum absolute atomic E-state index is 0.00433. The average molecular weight is 618 g/mol. The summed E-state index contributed by atoms with van der Waals surface area (Å²) >= 11 is 13.7. The molecule has 3 amide bonds. The number of hydrogen-bond donors (Lipinski definition) is 1. The van der Waals surface area contributed by atoms with Crippen LogP contribution in [0, 0.1) is 10.1 Å². The summed E-state index contributed by atoms with van der Waals surface area (Å²) in [6.07, 6.45) is 1.36. The molecule has 0 radical (unpaired) electrons. The molecular formula is C26H17Cl2N3O7S2. The minimum Gasteiger partial charge on any atom is -0.465 e. The van der Waals surface area contributed by atoms with E-state index in [2.05, 4.69) is 10.1 Å². The number of halogens is 2. The Morgan fingerprint density at radius 3 is 2.50 bits per heavy atom. The maximum Gasteiger partial charge on any atom is 0.339 e. The highest BCUT2D eigenvalue weighted by Gasteiger charge is 2.36. The number of anilines is 1. The van der Waals surface area contributed by atoms with Gasteiger partial charge in [0.25, 0.3) is 16.8 Å². The number of amides is 3. The number of nitro benzene ring substituents is 1. The monoisotopic (exact) mass is 617 g/mol. The molecule has 204 valence electrons. The van der Waals surface area contributed by atoms with Crippen LogP contribution in [0.5, 0.6) is 0 Å². The summed E-state index contributed by atoms with van der Waals surface area (Å²) in [5, 5.41) is 14.2. The van der Waals surface area contributed by atoms with Gasteiger partial charge in [-0.3, -0.25) is 29.4 Å². The Morgan fingerprint density at radius 2 is 1.82 bits per heavy atom. The van der Waals surface area contributed by atoms with Gasteiger partial charge in [-0.2, -0.15) is 0 Å². The van der Waals surface area contributed by atoms with E-state index in [1.165, 1.54) is 49.2 Å². The van der Waals surface area contributed by atoms with Crippen molar-refractivity contribution in [2.24, 2.45) is 0 Å². The zero-order valence-corrected chi connectivity index (χ0v) is 23.5. The van der Waals surface area contributed by atoms with Crippen molar-refractivity contribution < 1.29 is 28.8 Å². The summed E-state index contributed by atoms with van der Waals surface area (Å²) in [5.74, 6) is -2.12. The molecule has 0 bridgehead atoms. The van der Waals surface area contributed by atoms with Crippen LogP contribution in [-0.4, -0.2) is 46.5 Å². The molecule has 1 aliphatic rings. The van der Waals surface area contributed by atoms with Gasteiger partial charge in [0.05, 0.1) is 32.4 Å². The van der Waals surface area contributed by atoms with Gasteiger partial charge < -0.3 is 10.1 Å². The highest BCUT2D eigenvalue weighted by atomic mass is 35.5. The van der Waals surface area contributed by atoms with Gasteiger partial charge in [0.2, 0.25) is 5.91 Å². The van der Waals surface area contributed by atoms with E-state index in [1.807, 2.05) is 0 Å². The third-order valence-corrected chi connectivity index (χ3v) is 7.91. The number of carbonyl (C=O) groups excluding carboxylic acids is 4. The third-order valence-electron chi connectivity index (χ3n) is 5.35. The molecule has 1 fully saturated rings. The van der Waals surface area contributed by atoms with Crippen molar-refractivity contribution in [3.05, 3.63) is 96.9 Å². The van der Waals surface area contributed by atoms with Crippen LogP contribution < -0.4 is 5.32 Å². The second-order valence-electron chi connectivity index (χ2n) is 8.04. The first-order valence-corrected chi connectivity index (χ1v) is 13.6. The van der Waals surface area contributed by atoms with Crippen LogP contribution in [0.3, 0.4) is 0 Å². The smallest absolute Gasteiger partial charge is 0.339 e. The van der Waals surface area contributed by atoms with Crippen LogP contribution in [0.4, 0.5) is 16.2 Å². The zero-order valence-electron chi connectivity index (χ0n) is 20.4. The molecule has 1 heterocycles. The maximum atomic E-state index is 12.9. The maximum absolute atomic E-state index is 12.9. The van der Waals surface area contributed by atoms with Crippen LogP contribution in [0.25, 0.3) is 6.08 Å². The van der Waals surface area contributed by atoms with Gasteiger partial charge in [-0.1, -0.05) is 41.0 Å². The molecule has 14 heteroatoms. The molecule has 0 aromatic heterocycles. The number of thioether (sulfide) groups is 1. The molecule has 0 saturated carbocycles. The fourth-order valence-corrected chi connectivity index (χ4v) is 5.54. The number of nitro groups is 1. The van der Waals surface area contributed by atoms with E-state index in [0.717, 1.165) is 9.80 Å². The molecule has 1 aliphatic heterocycles. The quantitative estimate of drug-likeness (QED) is 0.130. The second kappa shape index (κ2) is 12.6. The van der Waals surface area contributed by atoms with Crippen molar-refractivity contribution in [1.82, 2.24) is 4.90 Å². The lowest BCUT2D eigenvalue weighted by molar-refractivity contribution is -0.387. The number of carbonyl (C=O) groups is 4. The predicted molar refractivity (Wildman–Crippen MR) is 153 cm³/mol. The molecule has 4 rings (SSSR count). The Labute approximate surface area is 245 Å². The average Bonchev–Trinajstić information content (AvgIpc) is 3.18. The second-order valence-corrected chi connectivity index (χ2v) is 11.0. The van der Waals surface area contributed by atoms with E-state index in [4.69, 9.17) is 23.2 Å². The van der Waals surface area contributed by atoms with Crippen LogP contribution in [0.15, 0.2) is 75.4 Å². The normalized spacial score (nSPS) is 14.0. The zero-order chi connectivity index (χ0) is 29.0. The number of rotatable bonds is 8. The molecule has 0 spiro atoms. The highest BCUT2D eigenvalue weighted by Crippen LogP contribution is 2.38. The Bertz CT molecular complexity index is 1580. The molecule has 0 aliphatic carbocycles. The van der Waals surface area contributed by atoms with Crippen LogP contribution >= 0.6 is 46.7 Å². The van der Waals surface area contributed by atoms with Gasteiger partial charge in [0, 0.05) is 21.7 Å². The first kappa shape index (κ1) is 29.2. The van der Waals surface area contributed by atoms with Crippen molar-refractivity contribution in [2.45, 2.75) is 9.79 Å². The van der Waals surface area contributed by atoms with E-state index in [9.17, 15) is 29.3 Å². The summed E-state index contributed by atoms with van der Waals surface area (Å²) in [4.78, 5) is 62.9. The van der Waals surface area contributed by atoms with E-state index in [0.29, 0.717) is 27.2 Å². The van der Waals surface area contributed by atoms with E-state index in [1.54, 1.807) is 36.4 Å². The van der Waals surface area contributed by atoms with E-state index < -0.39 is 34.5 Å². The fourth-order valence-electron chi connectivity index (χ4n) is 3.48. The summed E-state index contributed by atoms with van der Waals surface area (Å²) in [6, 6.07) is 15.4. The van der Waals surface area contributed by atoms with Gasteiger partial charge in [-0.15, -0.1) is 0 Å². The highest BCUT2D eigenvalue weighted by molar-refractivity contribution is 8.18. The Morgan fingerprint density at radius 1 is 1.10 bits per heavy atom. The van der Waals surface area contributed by atoms with Crippen molar-refractivity contribution in [2.75, 3.05) is 19.0 Å². The molecular weight excluding hydrogens is 601 g/mol. The molecule has 1 N–H and O–H groups in total. The number of benzene rings is 3. The number of nitrogens with one attached hydrogen (secondary N) is 1. The van der Waals surface area contributed by atoms with Crippen LogP contribution in [-0.2, 0) is 14.3 Å². The van der Waals surface area contributed by atoms with Gasteiger partial charge in [-0.05, 0) is 71.9 Å². The first-order valence-electron chi connectivity index (χ1n) is 11.2. The SMILES string of the molecule is COC(=O)c1cc(NC(=O)CN2C(=O)S/C(=C\c3ccc(Sc4ccc(Cl)cc4)c([N+](=O)[O-])c3)C2=O)ccc1Cl. The van der Waals surface area contributed by atoms with Crippen LogP contribution in [0.1, 0.15) is 15.9 Å². The first-order chi connectivity index (χ1) is 19.0. The number of imide groups is 1. The van der Waals surface area contributed by atoms with Gasteiger partial charge in [0.15, 0.2) is 0 Å². The molecule has 3 aromatic rings. The molecule has 40 heavy (non-hydrogen) atoms. The summed E-state index contributed by atoms with van der Waals surface area (Å²) in [6.45, 7) is -0.588. The Kier molecular flexibility index (Phi) is 9.15. The van der Waals surface area contributed by atoms with Crippen molar-refractivity contribution in [1.29, 1.82) is 0 Å². The Hall–Kier alpha value is -3.84. The molecule has 3 aromatic carbocycles. The number of ether oxygens (including phenoxy) is 1. The largest absolute Gasteiger partial charge is 0.465 e. The summed E-state index contributed by atoms with van der Waals surface area (Å²) in [7, 11) is 1.18. The minimum atomic E-state index is -0.723. The topological polar surface area (TPSA) is 136 Å².